The standard InChI is InChI=1S/C12H19ClN4O/c1-2-14-12-15-7-10(13)11(17-12)16-8-3-5-9(18)6-4-8/h7-9,18H,2-6H2,1H3,(H2,14,15,16,17). The summed E-state index contributed by atoms with van der Waals surface area (Å²) >= 11 is 6.08. The SMILES string of the molecule is CCNc1ncc(Cl)c(NC2CCC(O)CC2)n1. The Hall–Kier alpha value is -1.07. The highest BCUT2D eigenvalue weighted by Gasteiger charge is 2.20. The van der Waals surface area contributed by atoms with Crippen LogP contribution < -0.4 is 10.6 Å². The zero-order valence-electron chi connectivity index (χ0n) is 10.5. The van der Waals surface area contributed by atoms with E-state index in [1.54, 1.807) is 6.20 Å². The van der Waals surface area contributed by atoms with Crippen LogP contribution in [0.15, 0.2) is 6.20 Å². The van der Waals surface area contributed by atoms with E-state index in [2.05, 4.69) is 20.6 Å². The Morgan fingerprint density at radius 3 is 2.78 bits per heavy atom. The van der Waals surface area contributed by atoms with Crippen LogP contribution in [-0.2, 0) is 0 Å². The van der Waals surface area contributed by atoms with Gasteiger partial charge in [0.2, 0.25) is 5.95 Å². The second-order valence-corrected chi connectivity index (χ2v) is 4.98. The number of halogens is 1. The third-order valence-corrected chi connectivity index (χ3v) is 3.39. The van der Waals surface area contributed by atoms with Crippen LogP contribution >= 0.6 is 11.6 Å². The molecule has 0 aliphatic heterocycles. The van der Waals surface area contributed by atoms with Gasteiger partial charge in [0.1, 0.15) is 5.02 Å². The summed E-state index contributed by atoms with van der Waals surface area (Å²) in [4.78, 5) is 8.45. The third-order valence-electron chi connectivity index (χ3n) is 3.12. The molecule has 1 aliphatic carbocycles. The van der Waals surface area contributed by atoms with E-state index in [0.717, 1.165) is 32.2 Å². The van der Waals surface area contributed by atoms with Gasteiger partial charge in [0.15, 0.2) is 5.82 Å². The Balaban J connectivity index is 2.01. The lowest BCUT2D eigenvalue weighted by atomic mass is 9.93. The Kier molecular flexibility index (Phi) is 4.60. The van der Waals surface area contributed by atoms with Crippen molar-refractivity contribution >= 4 is 23.4 Å². The number of aliphatic hydroxyl groups excluding tert-OH is 1. The minimum absolute atomic E-state index is 0.152. The fourth-order valence-electron chi connectivity index (χ4n) is 2.13. The number of nitrogens with one attached hydrogen (secondary N) is 2. The lowest BCUT2D eigenvalue weighted by Gasteiger charge is -2.26. The summed E-state index contributed by atoms with van der Waals surface area (Å²) in [6.07, 6.45) is 5.00. The summed E-state index contributed by atoms with van der Waals surface area (Å²) in [5.74, 6) is 1.25. The lowest BCUT2D eigenvalue weighted by Crippen LogP contribution is -2.28. The molecule has 0 aromatic carbocycles. The Labute approximate surface area is 112 Å². The van der Waals surface area contributed by atoms with Crippen LogP contribution in [-0.4, -0.2) is 33.8 Å². The zero-order chi connectivity index (χ0) is 13.0. The molecular formula is C12H19ClN4O. The highest BCUT2D eigenvalue weighted by Crippen LogP contribution is 2.25. The maximum Gasteiger partial charge on any atom is 0.224 e. The van der Waals surface area contributed by atoms with Gasteiger partial charge in [-0.1, -0.05) is 11.6 Å². The second kappa shape index (κ2) is 6.20. The van der Waals surface area contributed by atoms with Crippen molar-refractivity contribution in [2.75, 3.05) is 17.2 Å². The fraction of sp³-hybridized carbons (Fsp3) is 0.667. The molecule has 0 amide bonds. The third kappa shape index (κ3) is 3.46. The van der Waals surface area contributed by atoms with Gasteiger partial charge in [0.05, 0.1) is 12.3 Å². The van der Waals surface area contributed by atoms with Crippen LogP contribution in [0, 0.1) is 0 Å². The molecular weight excluding hydrogens is 252 g/mol. The summed E-state index contributed by atoms with van der Waals surface area (Å²) in [5, 5.41) is 16.4. The van der Waals surface area contributed by atoms with Crippen molar-refractivity contribution in [1.82, 2.24) is 9.97 Å². The maximum absolute atomic E-state index is 9.47. The van der Waals surface area contributed by atoms with Crippen LogP contribution in [0.4, 0.5) is 11.8 Å². The van der Waals surface area contributed by atoms with Crippen molar-refractivity contribution in [3.05, 3.63) is 11.2 Å². The quantitative estimate of drug-likeness (QED) is 0.783. The van der Waals surface area contributed by atoms with Crippen LogP contribution in [0.25, 0.3) is 0 Å². The monoisotopic (exact) mass is 270 g/mol. The minimum atomic E-state index is -0.152. The van der Waals surface area contributed by atoms with E-state index < -0.39 is 0 Å². The first kappa shape index (κ1) is 13.4. The van der Waals surface area contributed by atoms with Gasteiger partial charge < -0.3 is 15.7 Å². The summed E-state index contributed by atoms with van der Waals surface area (Å²) in [5.41, 5.74) is 0. The normalized spacial score (nSPS) is 23.7. The first-order valence-corrected chi connectivity index (χ1v) is 6.78. The number of aliphatic hydroxyl groups is 1. The summed E-state index contributed by atoms with van der Waals surface area (Å²) in [7, 11) is 0. The van der Waals surface area contributed by atoms with E-state index in [1.165, 1.54) is 0 Å². The second-order valence-electron chi connectivity index (χ2n) is 4.57. The summed E-state index contributed by atoms with van der Waals surface area (Å²) < 4.78 is 0. The van der Waals surface area contributed by atoms with E-state index in [-0.39, 0.29) is 6.10 Å². The molecule has 0 saturated heterocycles. The molecule has 1 aliphatic rings. The average Bonchev–Trinajstić information content (AvgIpc) is 2.36. The molecule has 1 aromatic heterocycles. The van der Waals surface area contributed by atoms with Crippen LogP contribution in [0.3, 0.4) is 0 Å². The molecule has 3 N–H and O–H groups in total. The maximum atomic E-state index is 9.47. The minimum Gasteiger partial charge on any atom is -0.393 e. The fourth-order valence-corrected chi connectivity index (χ4v) is 2.27. The Morgan fingerprint density at radius 2 is 2.11 bits per heavy atom. The highest BCUT2D eigenvalue weighted by atomic mass is 35.5. The summed E-state index contributed by atoms with van der Waals surface area (Å²) in [6.45, 7) is 2.77. The predicted molar refractivity (Wildman–Crippen MR) is 73.1 cm³/mol. The predicted octanol–water partition coefficient (Wildman–Crippen LogP) is 2.28. The summed E-state index contributed by atoms with van der Waals surface area (Å²) in [6, 6.07) is 0.329. The molecule has 0 spiro atoms. The number of anilines is 2. The topological polar surface area (TPSA) is 70.1 Å². The number of nitrogens with zero attached hydrogens (tertiary/aromatic N) is 2. The zero-order valence-corrected chi connectivity index (χ0v) is 11.2. The molecule has 0 unspecified atom stereocenters. The van der Waals surface area contributed by atoms with E-state index in [4.69, 9.17) is 11.6 Å². The number of rotatable bonds is 4. The molecule has 1 heterocycles. The van der Waals surface area contributed by atoms with Crippen molar-refractivity contribution in [3.8, 4) is 0 Å². The van der Waals surface area contributed by atoms with E-state index in [1.807, 2.05) is 6.92 Å². The average molecular weight is 271 g/mol. The van der Waals surface area contributed by atoms with Gasteiger partial charge in [-0.15, -0.1) is 0 Å². The molecule has 18 heavy (non-hydrogen) atoms. The molecule has 0 radical (unpaired) electrons. The largest absolute Gasteiger partial charge is 0.393 e. The Morgan fingerprint density at radius 1 is 1.39 bits per heavy atom. The van der Waals surface area contributed by atoms with Crippen LogP contribution in [0.5, 0.6) is 0 Å². The van der Waals surface area contributed by atoms with Crippen LogP contribution in [0.2, 0.25) is 5.02 Å². The smallest absolute Gasteiger partial charge is 0.224 e. The van der Waals surface area contributed by atoms with Gasteiger partial charge in [-0.25, -0.2) is 4.98 Å². The van der Waals surface area contributed by atoms with Crippen molar-refractivity contribution in [2.24, 2.45) is 0 Å². The molecule has 1 fully saturated rings. The molecule has 5 nitrogen and oxygen atoms in total. The number of hydrogen-bond donors (Lipinski definition) is 3. The first-order chi connectivity index (χ1) is 8.69. The van der Waals surface area contributed by atoms with Crippen molar-refractivity contribution in [3.63, 3.8) is 0 Å². The Bertz CT molecular complexity index is 394. The molecule has 1 aromatic rings. The van der Waals surface area contributed by atoms with E-state index in [0.29, 0.717) is 22.8 Å². The molecule has 0 bridgehead atoms. The number of aromatic nitrogens is 2. The van der Waals surface area contributed by atoms with Gasteiger partial charge in [0.25, 0.3) is 0 Å². The van der Waals surface area contributed by atoms with Crippen LogP contribution in [0.1, 0.15) is 32.6 Å². The van der Waals surface area contributed by atoms with Gasteiger partial charge in [-0.3, -0.25) is 0 Å². The lowest BCUT2D eigenvalue weighted by molar-refractivity contribution is 0.126. The van der Waals surface area contributed by atoms with Gasteiger partial charge in [-0.05, 0) is 32.6 Å². The van der Waals surface area contributed by atoms with E-state index >= 15 is 0 Å². The molecule has 100 valence electrons. The number of hydrogen-bond acceptors (Lipinski definition) is 5. The molecule has 1 saturated carbocycles. The molecule has 0 atom stereocenters. The highest BCUT2D eigenvalue weighted by molar-refractivity contribution is 6.32. The van der Waals surface area contributed by atoms with Crippen molar-refractivity contribution in [2.45, 2.75) is 44.8 Å². The van der Waals surface area contributed by atoms with Crippen molar-refractivity contribution in [1.29, 1.82) is 0 Å². The molecule has 6 heteroatoms. The van der Waals surface area contributed by atoms with Gasteiger partial charge in [0, 0.05) is 12.6 Å². The van der Waals surface area contributed by atoms with Crippen molar-refractivity contribution < 1.29 is 5.11 Å². The van der Waals surface area contributed by atoms with Gasteiger partial charge >= 0.3 is 0 Å². The molecule has 2 rings (SSSR count). The van der Waals surface area contributed by atoms with Gasteiger partial charge in [-0.2, -0.15) is 4.98 Å². The first-order valence-electron chi connectivity index (χ1n) is 6.40. The van der Waals surface area contributed by atoms with E-state index in [9.17, 15) is 5.11 Å².